The second-order valence-electron chi connectivity index (χ2n) is 7.67. The van der Waals surface area contributed by atoms with Crippen LogP contribution in [0.1, 0.15) is 59.8 Å². The minimum atomic E-state index is 0.357. The zero-order valence-electron chi connectivity index (χ0n) is 14.0. The van der Waals surface area contributed by atoms with Crippen LogP contribution in [0.15, 0.2) is 0 Å². The van der Waals surface area contributed by atoms with E-state index in [1.807, 2.05) is 0 Å². The molecule has 0 amide bonds. The molecule has 3 unspecified atom stereocenters. The Morgan fingerprint density at radius 3 is 2.70 bits per heavy atom. The van der Waals surface area contributed by atoms with Crippen LogP contribution in [-0.2, 0) is 4.74 Å². The molecule has 0 aromatic rings. The summed E-state index contributed by atoms with van der Waals surface area (Å²) in [7, 11) is 0. The molecule has 20 heavy (non-hydrogen) atoms. The Morgan fingerprint density at radius 1 is 1.30 bits per heavy atom. The Labute approximate surface area is 125 Å². The second-order valence-corrected chi connectivity index (χ2v) is 7.67. The molecule has 2 saturated heterocycles. The van der Waals surface area contributed by atoms with Gasteiger partial charge >= 0.3 is 0 Å². The van der Waals surface area contributed by atoms with Gasteiger partial charge in [-0.1, -0.05) is 27.7 Å². The maximum Gasteiger partial charge on any atom is 0.0576 e. The summed E-state index contributed by atoms with van der Waals surface area (Å²) in [6.07, 6.45) is 6.86. The highest BCUT2D eigenvalue weighted by Gasteiger charge is 2.34. The molecule has 0 aromatic carbocycles. The van der Waals surface area contributed by atoms with E-state index in [0.29, 0.717) is 23.6 Å². The summed E-state index contributed by atoms with van der Waals surface area (Å²) < 4.78 is 5.75. The quantitative estimate of drug-likeness (QED) is 0.839. The van der Waals surface area contributed by atoms with Crippen LogP contribution < -0.4 is 5.32 Å². The van der Waals surface area contributed by atoms with Crippen LogP contribution in [0.4, 0.5) is 0 Å². The Kier molecular flexibility index (Phi) is 5.88. The Hall–Kier alpha value is -0.120. The van der Waals surface area contributed by atoms with Crippen molar-refractivity contribution in [3.8, 4) is 0 Å². The zero-order valence-corrected chi connectivity index (χ0v) is 14.0. The molecule has 2 heterocycles. The molecular formula is C17H34N2O. The van der Waals surface area contributed by atoms with E-state index < -0.39 is 0 Å². The number of rotatable bonds is 5. The highest BCUT2D eigenvalue weighted by Crippen LogP contribution is 2.27. The van der Waals surface area contributed by atoms with Gasteiger partial charge in [0.05, 0.1) is 6.10 Å². The zero-order chi connectivity index (χ0) is 14.6. The van der Waals surface area contributed by atoms with Crippen molar-refractivity contribution in [3.63, 3.8) is 0 Å². The van der Waals surface area contributed by atoms with Gasteiger partial charge in [0, 0.05) is 31.8 Å². The van der Waals surface area contributed by atoms with Crippen molar-refractivity contribution >= 4 is 0 Å². The van der Waals surface area contributed by atoms with E-state index in [-0.39, 0.29) is 0 Å². The Balaban J connectivity index is 1.82. The van der Waals surface area contributed by atoms with Gasteiger partial charge < -0.3 is 10.1 Å². The van der Waals surface area contributed by atoms with Crippen molar-refractivity contribution in [1.82, 2.24) is 10.2 Å². The molecule has 1 N–H and O–H groups in total. The smallest absolute Gasteiger partial charge is 0.0576 e. The van der Waals surface area contributed by atoms with Crippen molar-refractivity contribution in [2.45, 2.75) is 78.0 Å². The van der Waals surface area contributed by atoms with E-state index in [1.165, 1.54) is 45.2 Å². The van der Waals surface area contributed by atoms with Gasteiger partial charge in [0.1, 0.15) is 0 Å². The molecule has 2 aliphatic heterocycles. The monoisotopic (exact) mass is 282 g/mol. The predicted molar refractivity (Wildman–Crippen MR) is 85.1 cm³/mol. The molecule has 0 aromatic heterocycles. The molecule has 3 atom stereocenters. The molecule has 118 valence electrons. The van der Waals surface area contributed by atoms with Crippen LogP contribution in [-0.4, -0.2) is 49.3 Å². The summed E-state index contributed by atoms with van der Waals surface area (Å²) in [6.45, 7) is 14.0. The molecule has 2 aliphatic rings. The van der Waals surface area contributed by atoms with E-state index in [1.54, 1.807) is 0 Å². The minimum absolute atomic E-state index is 0.357. The first-order chi connectivity index (χ1) is 9.50. The van der Waals surface area contributed by atoms with Crippen molar-refractivity contribution in [3.05, 3.63) is 0 Å². The number of nitrogens with zero attached hydrogens (tertiary/aromatic N) is 1. The Bertz CT molecular complexity index is 281. The van der Waals surface area contributed by atoms with Crippen LogP contribution in [0.5, 0.6) is 0 Å². The molecule has 0 radical (unpaired) electrons. The lowest BCUT2D eigenvalue weighted by Crippen LogP contribution is -2.60. The van der Waals surface area contributed by atoms with Gasteiger partial charge in [0.25, 0.3) is 0 Å². The fourth-order valence-electron chi connectivity index (χ4n) is 3.65. The molecule has 0 saturated carbocycles. The van der Waals surface area contributed by atoms with E-state index >= 15 is 0 Å². The first-order valence-electron chi connectivity index (χ1n) is 8.59. The topological polar surface area (TPSA) is 24.5 Å². The summed E-state index contributed by atoms with van der Waals surface area (Å²) in [6, 6.07) is 1.34. The molecular weight excluding hydrogens is 248 g/mol. The van der Waals surface area contributed by atoms with E-state index in [0.717, 1.165) is 13.2 Å². The van der Waals surface area contributed by atoms with Gasteiger partial charge in [-0.3, -0.25) is 4.90 Å². The lowest BCUT2D eigenvalue weighted by Gasteiger charge is -2.46. The van der Waals surface area contributed by atoms with Crippen molar-refractivity contribution < 1.29 is 4.74 Å². The largest absolute Gasteiger partial charge is 0.378 e. The van der Waals surface area contributed by atoms with E-state index in [4.69, 9.17) is 4.74 Å². The minimum Gasteiger partial charge on any atom is -0.378 e. The van der Waals surface area contributed by atoms with Crippen LogP contribution >= 0.6 is 0 Å². The van der Waals surface area contributed by atoms with Gasteiger partial charge in [-0.25, -0.2) is 0 Å². The van der Waals surface area contributed by atoms with Gasteiger partial charge in [-0.15, -0.1) is 0 Å². The molecule has 3 heteroatoms. The van der Waals surface area contributed by atoms with Gasteiger partial charge in [0.15, 0.2) is 0 Å². The number of hydrogen-bond acceptors (Lipinski definition) is 3. The highest BCUT2D eigenvalue weighted by atomic mass is 16.5. The Morgan fingerprint density at radius 2 is 2.10 bits per heavy atom. The predicted octanol–water partition coefficient (Wildman–Crippen LogP) is 3.04. The van der Waals surface area contributed by atoms with Crippen LogP contribution in [0.25, 0.3) is 0 Å². The molecule has 0 spiro atoms. The maximum absolute atomic E-state index is 5.75. The van der Waals surface area contributed by atoms with Gasteiger partial charge in [-0.2, -0.15) is 0 Å². The van der Waals surface area contributed by atoms with E-state index in [2.05, 4.69) is 37.9 Å². The molecule has 0 bridgehead atoms. The highest BCUT2D eigenvalue weighted by molar-refractivity contribution is 4.92. The fourth-order valence-corrected chi connectivity index (χ4v) is 3.65. The van der Waals surface area contributed by atoms with Crippen LogP contribution in [0, 0.1) is 5.41 Å². The number of piperazine rings is 1. The molecule has 2 rings (SSSR count). The first-order valence-corrected chi connectivity index (χ1v) is 8.59. The molecule has 3 nitrogen and oxygen atoms in total. The SMILES string of the molecule is CCC1CN(CCCC2CCCO2)C(C(C)(C)C)CN1. The van der Waals surface area contributed by atoms with Crippen molar-refractivity contribution in [2.75, 3.05) is 26.2 Å². The summed E-state index contributed by atoms with van der Waals surface area (Å²) >= 11 is 0. The standard InChI is InChI=1S/C17H34N2O/c1-5-14-13-19(16(12-18-14)17(2,3)4)10-6-8-15-9-7-11-20-15/h14-16,18H,5-13H2,1-4H3. The summed E-state index contributed by atoms with van der Waals surface area (Å²) in [5.41, 5.74) is 0.357. The third-order valence-electron chi connectivity index (χ3n) is 4.98. The molecule has 2 fully saturated rings. The lowest BCUT2D eigenvalue weighted by molar-refractivity contribution is 0.0465. The summed E-state index contributed by atoms with van der Waals surface area (Å²) in [5.74, 6) is 0. The summed E-state index contributed by atoms with van der Waals surface area (Å²) in [4.78, 5) is 2.74. The maximum atomic E-state index is 5.75. The first kappa shape index (κ1) is 16.3. The third-order valence-corrected chi connectivity index (χ3v) is 4.98. The third kappa shape index (κ3) is 4.44. The lowest BCUT2D eigenvalue weighted by atomic mass is 9.83. The normalized spacial score (nSPS) is 32.7. The van der Waals surface area contributed by atoms with Crippen LogP contribution in [0.3, 0.4) is 0 Å². The average molecular weight is 282 g/mol. The fraction of sp³-hybridized carbons (Fsp3) is 1.00. The average Bonchev–Trinajstić information content (AvgIpc) is 2.90. The summed E-state index contributed by atoms with van der Waals surface area (Å²) in [5, 5.41) is 3.72. The van der Waals surface area contributed by atoms with Gasteiger partial charge in [0.2, 0.25) is 0 Å². The van der Waals surface area contributed by atoms with Crippen molar-refractivity contribution in [1.29, 1.82) is 0 Å². The van der Waals surface area contributed by atoms with Crippen LogP contribution in [0.2, 0.25) is 0 Å². The van der Waals surface area contributed by atoms with Crippen molar-refractivity contribution in [2.24, 2.45) is 5.41 Å². The number of ether oxygens (including phenoxy) is 1. The second kappa shape index (κ2) is 7.24. The molecule has 0 aliphatic carbocycles. The number of hydrogen-bond donors (Lipinski definition) is 1. The van der Waals surface area contributed by atoms with Gasteiger partial charge in [-0.05, 0) is 44.1 Å². The number of nitrogens with one attached hydrogen (secondary N) is 1. The van der Waals surface area contributed by atoms with E-state index in [9.17, 15) is 0 Å².